The lowest BCUT2D eigenvalue weighted by atomic mass is 9.89. The third kappa shape index (κ3) is 5.58. The van der Waals surface area contributed by atoms with Gasteiger partial charge in [0.15, 0.2) is 5.82 Å². The van der Waals surface area contributed by atoms with Crippen LogP contribution in [0.2, 0.25) is 0 Å². The first kappa shape index (κ1) is 32.1. The summed E-state index contributed by atoms with van der Waals surface area (Å²) in [6.07, 6.45) is 11.1. The number of aromatic hydroxyl groups is 1. The van der Waals surface area contributed by atoms with Crippen molar-refractivity contribution in [2.45, 2.75) is 62.6 Å². The summed E-state index contributed by atoms with van der Waals surface area (Å²) in [6.45, 7) is 0.924. The van der Waals surface area contributed by atoms with Gasteiger partial charge in [0, 0.05) is 41.3 Å². The topological polar surface area (TPSA) is 86.6 Å². The van der Waals surface area contributed by atoms with Crippen molar-refractivity contribution in [1.29, 1.82) is 0 Å². The predicted octanol–water partition coefficient (Wildman–Crippen LogP) is 6.86. The summed E-state index contributed by atoms with van der Waals surface area (Å²) in [5, 5.41) is 15.0. The van der Waals surface area contributed by atoms with Gasteiger partial charge in [-0.2, -0.15) is 18.7 Å². The minimum absolute atomic E-state index is 0.00223. The summed E-state index contributed by atoms with van der Waals surface area (Å²) in [6, 6.07) is 5.47. The van der Waals surface area contributed by atoms with Crippen molar-refractivity contribution in [3.05, 3.63) is 59.3 Å². The van der Waals surface area contributed by atoms with Crippen LogP contribution in [0.3, 0.4) is 0 Å². The minimum Gasteiger partial charge on any atom is -0.508 e. The van der Waals surface area contributed by atoms with Crippen molar-refractivity contribution in [3.63, 3.8) is 0 Å². The number of pyridine rings is 1. The molecule has 2 aliphatic heterocycles. The molecule has 3 aliphatic rings. The first-order chi connectivity index (χ1) is 23.1. The Kier molecular flexibility index (Phi) is 8.37. The summed E-state index contributed by atoms with van der Waals surface area (Å²) in [5.74, 6) is 1.02. The molecule has 8 nitrogen and oxygen atoms in total. The van der Waals surface area contributed by atoms with Crippen LogP contribution in [0, 0.1) is 24.0 Å². The van der Waals surface area contributed by atoms with E-state index >= 15 is 4.39 Å². The van der Waals surface area contributed by atoms with Gasteiger partial charge in [0.2, 0.25) is 0 Å². The molecule has 1 aliphatic carbocycles. The molecule has 1 saturated carbocycles. The highest BCUT2D eigenvalue weighted by atomic mass is 19.3. The van der Waals surface area contributed by atoms with Gasteiger partial charge in [0.25, 0.3) is 6.08 Å². The number of rotatable bonds is 7. The van der Waals surface area contributed by atoms with Crippen LogP contribution in [0.25, 0.3) is 32.9 Å². The maximum Gasteiger partial charge on any atom is 0.319 e. The highest BCUT2D eigenvalue weighted by Gasteiger charge is 2.48. The van der Waals surface area contributed by atoms with Crippen molar-refractivity contribution in [1.82, 2.24) is 24.8 Å². The van der Waals surface area contributed by atoms with Crippen LogP contribution in [-0.2, 0) is 0 Å². The van der Waals surface area contributed by atoms with Crippen molar-refractivity contribution >= 4 is 27.5 Å². The molecule has 7 rings (SSSR count). The second-order valence-electron chi connectivity index (χ2n) is 13.3. The van der Waals surface area contributed by atoms with Gasteiger partial charge in [-0.15, -0.1) is 6.42 Å². The van der Waals surface area contributed by atoms with E-state index in [0.717, 1.165) is 32.1 Å². The number of anilines is 1. The van der Waals surface area contributed by atoms with Crippen molar-refractivity contribution in [3.8, 4) is 35.4 Å². The van der Waals surface area contributed by atoms with Crippen molar-refractivity contribution in [2.75, 3.05) is 39.1 Å². The second kappa shape index (κ2) is 12.5. The first-order valence-electron chi connectivity index (χ1n) is 16.2. The SMILES string of the molecule is C#Cc1c(F)ccc2cc(O)cc(-c3ncc4c(N[C@H]5CCCC[C@@H]5N(C)C)nc(OCC56CCCN5CC(=C(F)F)C6)nc4c3F)c12. The third-order valence-corrected chi connectivity index (χ3v) is 10.2. The lowest BCUT2D eigenvalue weighted by Crippen LogP contribution is -2.45. The van der Waals surface area contributed by atoms with Gasteiger partial charge in [0.1, 0.15) is 35.2 Å². The Morgan fingerprint density at radius 1 is 1.17 bits per heavy atom. The number of hydrogen-bond acceptors (Lipinski definition) is 8. The van der Waals surface area contributed by atoms with E-state index in [0.29, 0.717) is 29.6 Å². The van der Waals surface area contributed by atoms with Crippen LogP contribution in [-0.4, -0.2) is 81.3 Å². The molecule has 0 spiro atoms. The standard InChI is InChI=1S/C36H36F4N6O2/c1-4-23-26(37)11-10-20-14-22(47)15-24(29(20)23)31-30(38)32-25(17-41-31)34(42-27-8-5-6-9-28(27)45(2)3)44-35(43-32)48-19-36-12-7-13-46(36)18-21(16-36)33(39)40/h1,10-11,14-15,17,27-28,47H,5-9,12-13,16,18-19H2,2-3H3,(H,42,43,44)/t27-,28-,36?/m0/s1. The Morgan fingerprint density at radius 3 is 2.75 bits per heavy atom. The number of nitrogens with zero attached hydrogens (tertiary/aromatic N) is 5. The zero-order valence-corrected chi connectivity index (χ0v) is 26.8. The molecular formula is C36H36F4N6O2. The number of likely N-dealkylation sites (N-methyl/N-ethyl adjacent to an activating group) is 1. The number of phenols is 1. The number of benzene rings is 2. The Labute approximate surface area is 275 Å². The third-order valence-electron chi connectivity index (χ3n) is 10.2. The number of halogens is 4. The molecule has 4 heterocycles. The first-order valence-corrected chi connectivity index (χ1v) is 16.2. The molecule has 250 valence electrons. The van der Waals surface area contributed by atoms with E-state index in [4.69, 9.17) is 16.1 Å². The van der Waals surface area contributed by atoms with Crippen LogP contribution in [0.1, 0.15) is 50.5 Å². The fourth-order valence-electron chi connectivity index (χ4n) is 7.89. The van der Waals surface area contributed by atoms with E-state index in [-0.39, 0.29) is 76.7 Å². The van der Waals surface area contributed by atoms with Gasteiger partial charge in [-0.3, -0.25) is 9.88 Å². The van der Waals surface area contributed by atoms with Gasteiger partial charge in [0.05, 0.1) is 16.5 Å². The van der Waals surface area contributed by atoms with E-state index in [1.165, 1.54) is 30.5 Å². The summed E-state index contributed by atoms with van der Waals surface area (Å²) >= 11 is 0. The molecule has 12 heteroatoms. The van der Waals surface area contributed by atoms with E-state index < -0.39 is 23.3 Å². The molecule has 2 aromatic carbocycles. The zero-order valence-electron chi connectivity index (χ0n) is 26.8. The summed E-state index contributed by atoms with van der Waals surface area (Å²) in [7, 11) is 4.05. The van der Waals surface area contributed by atoms with Gasteiger partial charge in [-0.25, -0.2) is 8.78 Å². The number of phenolic OH excluding ortho intramolecular Hbond substituents is 1. The maximum atomic E-state index is 16.8. The van der Waals surface area contributed by atoms with Crippen LogP contribution in [0.4, 0.5) is 23.4 Å². The molecule has 0 radical (unpaired) electrons. The summed E-state index contributed by atoms with van der Waals surface area (Å²) < 4.78 is 65.1. The van der Waals surface area contributed by atoms with Crippen LogP contribution in [0.15, 0.2) is 42.1 Å². The molecule has 0 amide bonds. The summed E-state index contributed by atoms with van der Waals surface area (Å²) in [4.78, 5) is 17.8. The number of aromatic nitrogens is 3. The van der Waals surface area contributed by atoms with Gasteiger partial charge in [-0.1, -0.05) is 24.8 Å². The number of terminal acetylenes is 1. The monoisotopic (exact) mass is 660 g/mol. The lowest BCUT2D eigenvalue weighted by Gasteiger charge is -2.37. The van der Waals surface area contributed by atoms with E-state index in [1.807, 2.05) is 19.0 Å². The number of ether oxygens (including phenoxy) is 1. The van der Waals surface area contributed by atoms with Crippen LogP contribution < -0.4 is 10.1 Å². The number of nitrogens with one attached hydrogen (secondary N) is 1. The fourth-order valence-corrected chi connectivity index (χ4v) is 7.89. The second-order valence-corrected chi connectivity index (χ2v) is 13.3. The van der Waals surface area contributed by atoms with Gasteiger partial charge >= 0.3 is 6.01 Å². The van der Waals surface area contributed by atoms with E-state index in [9.17, 15) is 18.3 Å². The quantitative estimate of drug-likeness (QED) is 0.164. The molecule has 2 N–H and O–H groups in total. The van der Waals surface area contributed by atoms with Crippen LogP contribution >= 0.6 is 0 Å². The average molecular weight is 661 g/mol. The molecule has 48 heavy (non-hydrogen) atoms. The van der Waals surface area contributed by atoms with Crippen LogP contribution in [0.5, 0.6) is 11.8 Å². The Hall–Kier alpha value is -4.47. The predicted molar refractivity (Wildman–Crippen MR) is 176 cm³/mol. The Morgan fingerprint density at radius 2 is 1.98 bits per heavy atom. The Bertz CT molecular complexity index is 1990. The fraction of sp³-hybridized carbons (Fsp3) is 0.417. The molecule has 3 fully saturated rings. The van der Waals surface area contributed by atoms with Crippen molar-refractivity contribution in [2.24, 2.45) is 0 Å². The van der Waals surface area contributed by atoms with Gasteiger partial charge < -0.3 is 20.1 Å². The normalized spacial score (nSPS) is 22.8. The molecular weight excluding hydrogens is 624 g/mol. The maximum absolute atomic E-state index is 16.8. The minimum atomic E-state index is -1.66. The largest absolute Gasteiger partial charge is 0.508 e. The van der Waals surface area contributed by atoms with Crippen molar-refractivity contribution < 1.29 is 27.4 Å². The highest BCUT2D eigenvalue weighted by molar-refractivity contribution is 6.03. The van der Waals surface area contributed by atoms with E-state index in [2.05, 4.69) is 26.1 Å². The molecule has 3 atom stereocenters. The molecule has 0 bridgehead atoms. The lowest BCUT2D eigenvalue weighted by molar-refractivity contribution is 0.108. The molecule has 2 saturated heterocycles. The van der Waals surface area contributed by atoms with E-state index in [1.54, 1.807) is 0 Å². The Balaban J connectivity index is 1.35. The summed E-state index contributed by atoms with van der Waals surface area (Å²) in [5.41, 5.74) is -0.777. The highest BCUT2D eigenvalue weighted by Crippen LogP contribution is 2.43. The number of hydrogen-bond donors (Lipinski definition) is 2. The molecule has 4 aromatic rings. The number of fused-ring (bicyclic) bond motifs is 3. The molecule has 2 aromatic heterocycles. The zero-order chi connectivity index (χ0) is 33.7. The van der Waals surface area contributed by atoms with Gasteiger partial charge in [-0.05, 0) is 76.3 Å². The average Bonchev–Trinajstić information content (AvgIpc) is 3.62. The smallest absolute Gasteiger partial charge is 0.319 e. The molecule has 1 unspecified atom stereocenters.